The van der Waals surface area contributed by atoms with Crippen molar-refractivity contribution in [2.45, 2.75) is 31.9 Å². The maximum Gasteiger partial charge on any atom is 0.253 e. The Morgan fingerprint density at radius 3 is 2.55 bits per heavy atom. The predicted octanol–water partition coefficient (Wildman–Crippen LogP) is 2.50. The zero-order valence-electron chi connectivity index (χ0n) is 18.1. The Morgan fingerprint density at radius 1 is 1.16 bits per heavy atom. The van der Waals surface area contributed by atoms with Gasteiger partial charge in [-0.1, -0.05) is 12.1 Å². The summed E-state index contributed by atoms with van der Waals surface area (Å²) < 4.78 is 0. The number of nitrogens with zero attached hydrogens (tertiary/aromatic N) is 4. The number of aliphatic hydroxyl groups is 1. The second-order valence-corrected chi connectivity index (χ2v) is 8.42. The number of benzene rings is 1. The van der Waals surface area contributed by atoms with Crippen LogP contribution in [-0.2, 0) is 6.54 Å². The van der Waals surface area contributed by atoms with Crippen LogP contribution in [0.5, 0.6) is 0 Å². The fraction of sp³-hybridized carbons (Fsp3) is 0.375. The van der Waals surface area contributed by atoms with Crippen LogP contribution in [0, 0.1) is 6.92 Å². The number of likely N-dealkylation sites (N-methyl/N-ethyl adjacent to an activating group) is 1. The quantitative estimate of drug-likeness (QED) is 0.660. The van der Waals surface area contributed by atoms with Gasteiger partial charge in [0.2, 0.25) is 0 Å². The van der Waals surface area contributed by atoms with Crippen molar-refractivity contribution in [1.29, 1.82) is 0 Å². The molecule has 1 amide bonds. The molecule has 3 aromatic rings. The van der Waals surface area contributed by atoms with Gasteiger partial charge in [-0.2, -0.15) is 0 Å². The first-order chi connectivity index (χ1) is 14.9. The summed E-state index contributed by atoms with van der Waals surface area (Å²) in [6.07, 6.45) is 2.95. The fourth-order valence-electron chi connectivity index (χ4n) is 4.20. The standard InChI is InChI=1S/C24H29N5O2/c1-17-3-8-20-22(27-17)21(9-12-26-20)29-13-10-24(31,11-14-29)16-28(2)23(30)19-6-4-18(15-25)5-7-19/h3-9,12,31H,10-11,13-16,25H2,1-2H3. The summed E-state index contributed by atoms with van der Waals surface area (Å²) in [5, 5.41) is 11.2. The van der Waals surface area contributed by atoms with Crippen LogP contribution >= 0.6 is 0 Å². The molecule has 162 valence electrons. The first kappa shape index (κ1) is 21.2. The average Bonchev–Trinajstić information content (AvgIpc) is 2.78. The highest BCUT2D eigenvalue weighted by Gasteiger charge is 2.35. The molecule has 7 heteroatoms. The summed E-state index contributed by atoms with van der Waals surface area (Å²) >= 11 is 0. The van der Waals surface area contributed by atoms with E-state index in [9.17, 15) is 9.90 Å². The Labute approximate surface area is 182 Å². The van der Waals surface area contributed by atoms with Crippen LogP contribution in [0.4, 0.5) is 5.69 Å². The fourth-order valence-corrected chi connectivity index (χ4v) is 4.20. The molecule has 0 unspecified atom stereocenters. The van der Waals surface area contributed by atoms with E-state index in [1.807, 2.05) is 37.3 Å². The van der Waals surface area contributed by atoms with Gasteiger partial charge in [0, 0.05) is 50.7 Å². The monoisotopic (exact) mass is 419 g/mol. The molecule has 3 heterocycles. The van der Waals surface area contributed by atoms with E-state index in [2.05, 4.69) is 14.9 Å². The molecule has 1 fully saturated rings. The number of pyridine rings is 2. The lowest BCUT2D eigenvalue weighted by molar-refractivity contribution is -0.00799. The number of anilines is 1. The third-order valence-electron chi connectivity index (χ3n) is 6.05. The first-order valence-electron chi connectivity index (χ1n) is 10.6. The summed E-state index contributed by atoms with van der Waals surface area (Å²) in [6, 6.07) is 13.2. The van der Waals surface area contributed by atoms with E-state index in [1.54, 1.807) is 30.3 Å². The highest BCUT2D eigenvalue weighted by atomic mass is 16.3. The number of carbonyl (C=O) groups excluding carboxylic acids is 1. The van der Waals surface area contributed by atoms with E-state index in [-0.39, 0.29) is 5.91 Å². The molecule has 0 atom stereocenters. The Morgan fingerprint density at radius 2 is 1.87 bits per heavy atom. The minimum atomic E-state index is -0.912. The van der Waals surface area contributed by atoms with Crippen LogP contribution in [0.2, 0.25) is 0 Å². The third kappa shape index (κ3) is 4.52. The Bertz CT molecular complexity index is 1080. The number of hydrogen-bond acceptors (Lipinski definition) is 6. The van der Waals surface area contributed by atoms with Gasteiger partial charge in [0.1, 0.15) is 5.52 Å². The lowest BCUT2D eigenvalue weighted by Gasteiger charge is -2.41. The number of nitrogens with two attached hydrogens (primary N) is 1. The summed E-state index contributed by atoms with van der Waals surface area (Å²) in [5.41, 5.74) is 10.1. The van der Waals surface area contributed by atoms with Gasteiger partial charge in [-0.25, -0.2) is 4.98 Å². The lowest BCUT2D eigenvalue weighted by Crippen LogP contribution is -2.51. The van der Waals surface area contributed by atoms with Crippen LogP contribution in [0.25, 0.3) is 11.0 Å². The van der Waals surface area contributed by atoms with Gasteiger partial charge in [-0.3, -0.25) is 9.78 Å². The minimum absolute atomic E-state index is 0.0979. The normalized spacial score (nSPS) is 15.8. The van der Waals surface area contributed by atoms with Crippen LogP contribution in [-0.4, -0.2) is 58.2 Å². The van der Waals surface area contributed by atoms with Gasteiger partial charge in [0.15, 0.2) is 0 Å². The Kier molecular flexibility index (Phi) is 5.89. The number of aryl methyl sites for hydroxylation is 1. The topological polar surface area (TPSA) is 95.6 Å². The molecule has 4 rings (SSSR count). The molecule has 1 aliphatic rings. The van der Waals surface area contributed by atoms with Crippen LogP contribution in [0.3, 0.4) is 0 Å². The van der Waals surface area contributed by atoms with E-state index in [0.29, 0.717) is 44.6 Å². The van der Waals surface area contributed by atoms with Crippen LogP contribution in [0.15, 0.2) is 48.7 Å². The number of carbonyl (C=O) groups is 1. The number of rotatable bonds is 5. The van der Waals surface area contributed by atoms with E-state index in [4.69, 9.17) is 5.73 Å². The zero-order chi connectivity index (χ0) is 22.0. The Hall–Kier alpha value is -3.03. The molecule has 0 spiro atoms. The number of fused-ring (bicyclic) bond motifs is 1. The molecular weight excluding hydrogens is 390 g/mol. The van der Waals surface area contributed by atoms with Gasteiger partial charge in [0.05, 0.1) is 16.8 Å². The number of aromatic nitrogens is 2. The van der Waals surface area contributed by atoms with E-state index < -0.39 is 5.60 Å². The zero-order valence-corrected chi connectivity index (χ0v) is 18.1. The van der Waals surface area contributed by atoms with E-state index in [0.717, 1.165) is 28.0 Å². The van der Waals surface area contributed by atoms with Crippen molar-refractivity contribution < 1.29 is 9.90 Å². The van der Waals surface area contributed by atoms with E-state index >= 15 is 0 Å². The second kappa shape index (κ2) is 8.61. The highest BCUT2D eigenvalue weighted by Crippen LogP contribution is 2.30. The van der Waals surface area contributed by atoms with Crippen molar-refractivity contribution in [2.75, 3.05) is 31.6 Å². The smallest absolute Gasteiger partial charge is 0.253 e. The number of amides is 1. The predicted molar refractivity (Wildman–Crippen MR) is 122 cm³/mol. The van der Waals surface area contributed by atoms with E-state index in [1.165, 1.54) is 0 Å². The van der Waals surface area contributed by atoms with Crippen molar-refractivity contribution in [3.63, 3.8) is 0 Å². The SMILES string of the molecule is Cc1ccc2nccc(N3CCC(O)(CN(C)C(=O)c4ccc(CN)cc4)CC3)c2n1. The largest absolute Gasteiger partial charge is 0.388 e. The molecule has 0 radical (unpaired) electrons. The summed E-state index contributed by atoms with van der Waals surface area (Å²) in [7, 11) is 1.74. The molecule has 2 aromatic heterocycles. The minimum Gasteiger partial charge on any atom is -0.388 e. The molecule has 0 aliphatic carbocycles. The summed E-state index contributed by atoms with van der Waals surface area (Å²) in [5.74, 6) is -0.0979. The van der Waals surface area contributed by atoms with Gasteiger partial charge in [-0.05, 0) is 55.7 Å². The summed E-state index contributed by atoms with van der Waals surface area (Å²) in [6.45, 7) is 4.10. The van der Waals surface area contributed by atoms with Crippen LogP contribution < -0.4 is 10.6 Å². The van der Waals surface area contributed by atoms with Crippen molar-refractivity contribution in [3.8, 4) is 0 Å². The molecule has 0 saturated carbocycles. The average molecular weight is 420 g/mol. The maximum atomic E-state index is 12.8. The Balaban J connectivity index is 1.42. The highest BCUT2D eigenvalue weighted by molar-refractivity contribution is 5.94. The summed E-state index contributed by atoms with van der Waals surface area (Å²) in [4.78, 5) is 25.7. The molecule has 3 N–H and O–H groups in total. The molecule has 1 aromatic carbocycles. The van der Waals surface area contributed by atoms with Gasteiger partial charge in [-0.15, -0.1) is 0 Å². The molecular formula is C24H29N5O2. The van der Waals surface area contributed by atoms with Crippen molar-refractivity contribution in [1.82, 2.24) is 14.9 Å². The van der Waals surface area contributed by atoms with Gasteiger partial charge in [0.25, 0.3) is 5.91 Å². The van der Waals surface area contributed by atoms with Crippen LogP contribution in [0.1, 0.15) is 34.5 Å². The number of piperidine rings is 1. The molecule has 0 bridgehead atoms. The van der Waals surface area contributed by atoms with Crippen molar-refractivity contribution in [2.24, 2.45) is 5.73 Å². The molecule has 31 heavy (non-hydrogen) atoms. The molecule has 1 aliphatic heterocycles. The maximum absolute atomic E-state index is 12.8. The van der Waals surface area contributed by atoms with Gasteiger partial charge < -0.3 is 20.6 Å². The molecule has 1 saturated heterocycles. The molecule has 7 nitrogen and oxygen atoms in total. The van der Waals surface area contributed by atoms with Crippen molar-refractivity contribution >= 4 is 22.6 Å². The van der Waals surface area contributed by atoms with Crippen molar-refractivity contribution in [3.05, 3.63) is 65.5 Å². The lowest BCUT2D eigenvalue weighted by atomic mass is 9.90. The first-order valence-corrected chi connectivity index (χ1v) is 10.6. The van der Waals surface area contributed by atoms with Gasteiger partial charge >= 0.3 is 0 Å². The number of hydrogen-bond donors (Lipinski definition) is 2. The third-order valence-corrected chi connectivity index (χ3v) is 6.05. The second-order valence-electron chi connectivity index (χ2n) is 8.42.